The Morgan fingerprint density at radius 3 is 1.88 bits per heavy atom. The Kier molecular flexibility index (Phi) is 7.66. The van der Waals surface area contributed by atoms with Crippen LogP contribution in [0, 0.1) is 0 Å². The average molecular weight is 254 g/mol. The van der Waals surface area contributed by atoms with Crippen molar-refractivity contribution in [1.82, 2.24) is 4.98 Å². The highest BCUT2D eigenvalue weighted by Crippen LogP contribution is 2.12. The third-order valence-electron chi connectivity index (χ3n) is 2.23. The molecular weight excluding hydrogens is 235 g/mol. The highest BCUT2D eigenvalue weighted by Gasteiger charge is 2.20. The Labute approximate surface area is 99.1 Å². The van der Waals surface area contributed by atoms with E-state index in [1.165, 1.54) is 25.7 Å². The fraction of sp³-hybridized carbons (Fsp3) is 0.700. The quantitative estimate of drug-likeness (QED) is 0.469. The van der Waals surface area contributed by atoms with Crippen molar-refractivity contribution in [3.05, 3.63) is 18.7 Å². The first-order valence-electron chi connectivity index (χ1n) is 5.79. The number of aromatic nitrogens is 2. The maximum atomic E-state index is 9.75. The summed E-state index contributed by atoms with van der Waals surface area (Å²) in [6.07, 6.45) is 11.3. The molecule has 0 amide bonds. The van der Waals surface area contributed by atoms with E-state index in [1.807, 2.05) is 6.20 Å². The molecule has 1 aromatic rings. The lowest BCUT2D eigenvalue weighted by molar-refractivity contribution is -0.723. The Bertz CT molecular complexity index is 262. The summed E-state index contributed by atoms with van der Waals surface area (Å²) in [4.78, 5) is 3.09. The first-order chi connectivity index (χ1) is 7.88. The molecule has 1 N–H and O–H groups in total. The zero-order valence-corrected chi connectivity index (χ0v) is 10.2. The maximum Gasteiger partial charge on any atom is 0.673 e. The largest absolute Gasteiger partial charge is 0.673 e. The van der Waals surface area contributed by atoms with Crippen molar-refractivity contribution >= 4 is 7.25 Å². The summed E-state index contributed by atoms with van der Waals surface area (Å²) in [5, 5.41) is 0. The Balaban J connectivity index is 0.000000437. The number of rotatable bonds is 5. The van der Waals surface area contributed by atoms with E-state index in [1.54, 1.807) is 0 Å². The Hall–Kier alpha value is -1.01. The van der Waals surface area contributed by atoms with E-state index in [0.717, 1.165) is 0 Å². The van der Waals surface area contributed by atoms with E-state index < -0.39 is 7.25 Å². The van der Waals surface area contributed by atoms with E-state index >= 15 is 0 Å². The summed E-state index contributed by atoms with van der Waals surface area (Å²) in [5.41, 5.74) is 0. The molecule has 17 heavy (non-hydrogen) atoms. The number of aromatic amines is 1. The molecule has 0 aliphatic rings. The second-order valence-electron chi connectivity index (χ2n) is 3.78. The molecule has 1 rings (SSSR count). The number of imidazole rings is 1. The zero-order chi connectivity index (χ0) is 13.3. The van der Waals surface area contributed by atoms with Gasteiger partial charge in [0.05, 0.1) is 0 Å². The van der Waals surface area contributed by atoms with Gasteiger partial charge < -0.3 is 17.3 Å². The summed E-state index contributed by atoms with van der Waals surface area (Å²) >= 11 is 0. The molecule has 0 atom stereocenters. The molecule has 0 aliphatic heterocycles. The van der Waals surface area contributed by atoms with Gasteiger partial charge >= 0.3 is 7.25 Å². The highest BCUT2D eigenvalue weighted by atomic mass is 19.5. The standard InChI is InChI=1S/C10H18N2.BF4/c1-3-5-10(6-4-2)12-8-7-11-9-12;2-1(3,4)5/h7-10H,3-6H2,1-2H3;/q;-1/p+1. The Morgan fingerprint density at radius 1 is 1.12 bits per heavy atom. The molecule has 0 bridgehead atoms. The van der Waals surface area contributed by atoms with Gasteiger partial charge in [-0.15, -0.1) is 0 Å². The van der Waals surface area contributed by atoms with Crippen molar-refractivity contribution < 1.29 is 21.8 Å². The van der Waals surface area contributed by atoms with Crippen molar-refractivity contribution in [1.29, 1.82) is 0 Å². The molecule has 0 aliphatic carbocycles. The van der Waals surface area contributed by atoms with Crippen LogP contribution >= 0.6 is 0 Å². The van der Waals surface area contributed by atoms with Gasteiger partial charge in [0.1, 0.15) is 18.4 Å². The zero-order valence-electron chi connectivity index (χ0n) is 10.2. The molecule has 7 heteroatoms. The minimum atomic E-state index is -6.00. The van der Waals surface area contributed by atoms with Gasteiger partial charge in [-0.2, -0.15) is 0 Å². The van der Waals surface area contributed by atoms with Gasteiger partial charge in [-0.1, -0.05) is 26.7 Å². The van der Waals surface area contributed by atoms with Crippen molar-refractivity contribution in [3.63, 3.8) is 0 Å². The Morgan fingerprint density at radius 2 is 1.59 bits per heavy atom. The first kappa shape index (κ1) is 16.0. The fourth-order valence-electron chi connectivity index (χ4n) is 1.64. The summed E-state index contributed by atoms with van der Waals surface area (Å²) in [5.74, 6) is 0. The molecule has 0 saturated carbocycles. The second-order valence-corrected chi connectivity index (χ2v) is 3.78. The average Bonchev–Trinajstić information content (AvgIpc) is 2.67. The summed E-state index contributed by atoms with van der Waals surface area (Å²) in [6, 6.07) is 0.700. The highest BCUT2D eigenvalue weighted by molar-refractivity contribution is 6.50. The van der Waals surface area contributed by atoms with Crippen molar-refractivity contribution in [2.75, 3.05) is 0 Å². The van der Waals surface area contributed by atoms with Crippen LogP contribution in [0.5, 0.6) is 0 Å². The number of halogens is 4. The van der Waals surface area contributed by atoms with Gasteiger partial charge in [-0.25, -0.2) is 4.57 Å². The van der Waals surface area contributed by atoms with Crippen LogP contribution in [0.15, 0.2) is 18.7 Å². The fourth-order valence-corrected chi connectivity index (χ4v) is 1.64. The molecule has 0 saturated heterocycles. The van der Waals surface area contributed by atoms with E-state index in [0.29, 0.717) is 6.04 Å². The monoisotopic (exact) mass is 254 g/mol. The van der Waals surface area contributed by atoms with E-state index in [4.69, 9.17) is 0 Å². The van der Waals surface area contributed by atoms with Crippen LogP contribution in [0.2, 0.25) is 0 Å². The number of nitrogens with one attached hydrogen (secondary N) is 1. The number of nitrogens with zero attached hydrogens (tertiary/aromatic N) is 1. The first-order valence-corrected chi connectivity index (χ1v) is 5.79. The third-order valence-corrected chi connectivity index (χ3v) is 2.23. The maximum absolute atomic E-state index is 9.75. The van der Waals surface area contributed by atoms with E-state index in [-0.39, 0.29) is 0 Å². The van der Waals surface area contributed by atoms with Crippen LogP contribution in [0.3, 0.4) is 0 Å². The van der Waals surface area contributed by atoms with Crippen molar-refractivity contribution in [2.45, 2.75) is 45.6 Å². The molecule has 2 nitrogen and oxygen atoms in total. The lowest BCUT2D eigenvalue weighted by Crippen LogP contribution is -2.36. The van der Waals surface area contributed by atoms with Crippen molar-refractivity contribution in [2.24, 2.45) is 0 Å². The molecule has 0 aromatic carbocycles. The van der Waals surface area contributed by atoms with E-state index in [2.05, 4.69) is 35.9 Å². The molecule has 1 heterocycles. The molecule has 0 unspecified atom stereocenters. The van der Waals surface area contributed by atoms with Crippen LogP contribution in [0.25, 0.3) is 0 Å². The van der Waals surface area contributed by atoms with Crippen LogP contribution in [-0.4, -0.2) is 12.2 Å². The van der Waals surface area contributed by atoms with Gasteiger partial charge in [-0.05, 0) is 12.8 Å². The molecular formula is C10H19BF4N2. The topological polar surface area (TPSA) is 19.7 Å². The van der Waals surface area contributed by atoms with Gasteiger partial charge in [0, 0.05) is 0 Å². The predicted octanol–water partition coefficient (Wildman–Crippen LogP) is 3.74. The number of hydrogen-bond acceptors (Lipinski definition) is 0. The predicted molar refractivity (Wildman–Crippen MR) is 60.0 cm³/mol. The van der Waals surface area contributed by atoms with Gasteiger partial charge in [0.15, 0.2) is 0 Å². The summed E-state index contributed by atoms with van der Waals surface area (Å²) < 4.78 is 41.3. The second kappa shape index (κ2) is 8.14. The minimum absolute atomic E-state index is 0.700. The molecule has 0 fully saturated rings. The molecule has 0 radical (unpaired) electrons. The van der Waals surface area contributed by atoms with E-state index in [9.17, 15) is 17.3 Å². The SMILES string of the molecule is CCCC(CCC)[n+]1cc[nH]c1.F[B-](F)(F)F. The van der Waals surface area contributed by atoms with Crippen LogP contribution < -0.4 is 4.57 Å². The van der Waals surface area contributed by atoms with Crippen LogP contribution in [0.4, 0.5) is 17.3 Å². The van der Waals surface area contributed by atoms with Gasteiger partial charge in [-0.3, -0.25) is 4.98 Å². The van der Waals surface area contributed by atoms with Crippen LogP contribution in [0.1, 0.15) is 45.6 Å². The molecule has 1 aromatic heterocycles. The van der Waals surface area contributed by atoms with Crippen LogP contribution in [-0.2, 0) is 0 Å². The molecule has 100 valence electrons. The normalized spacial score (nSPS) is 11.2. The van der Waals surface area contributed by atoms with Gasteiger partial charge in [0.25, 0.3) is 0 Å². The number of H-pyrrole nitrogens is 1. The lowest BCUT2D eigenvalue weighted by atomic mass is 10.1. The smallest absolute Gasteiger partial charge is 0.418 e. The molecule has 0 spiro atoms. The minimum Gasteiger partial charge on any atom is -0.418 e. The van der Waals surface area contributed by atoms with Crippen molar-refractivity contribution in [3.8, 4) is 0 Å². The van der Waals surface area contributed by atoms with Gasteiger partial charge in [0.2, 0.25) is 6.33 Å². The summed E-state index contributed by atoms with van der Waals surface area (Å²) in [7, 11) is -6.00. The lowest BCUT2D eigenvalue weighted by Gasteiger charge is -2.10. The third kappa shape index (κ3) is 9.90. The number of hydrogen-bond donors (Lipinski definition) is 1. The summed E-state index contributed by atoms with van der Waals surface area (Å²) in [6.45, 7) is 4.49.